The Morgan fingerprint density at radius 2 is 1.88 bits per heavy atom. The minimum atomic E-state index is 0.0848. The van der Waals surface area contributed by atoms with Crippen LogP contribution >= 0.6 is 11.8 Å². The first-order valence-electron chi connectivity index (χ1n) is 10.5. The van der Waals surface area contributed by atoms with Crippen molar-refractivity contribution in [2.45, 2.75) is 29.2 Å². The molecule has 1 aromatic carbocycles. The summed E-state index contributed by atoms with van der Waals surface area (Å²) in [7, 11) is 0. The van der Waals surface area contributed by atoms with Gasteiger partial charge in [0.1, 0.15) is 12.1 Å². The second kappa shape index (κ2) is 8.45. The van der Waals surface area contributed by atoms with Crippen LogP contribution in [0.3, 0.4) is 0 Å². The fourth-order valence-electron chi connectivity index (χ4n) is 4.10. The summed E-state index contributed by atoms with van der Waals surface area (Å²) in [6.45, 7) is 2.99. The molecule has 1 amide bonds. The number of carbonyl (C=O) groups is 1. The summed E-state index contributed by atoms with van der Waals surface area (Å²) in [5, 5.41) is 28.0. The number of hydrogen-bond donors (Lipinski definition) is 0. The van der Waals surface area contributed by atoms with Crippen molar-refractivity contribution < 1.29 is 4.79 Å². The van der Waals surface area contributed by atoms with E-state index in [9.17, 15) is 15.3 Å². The molecule has 1 aliphatic rings. The molecule has 1 fully saturated rings. The Labute approximate surface area is 194 Å². The average Bonchev–Trinajstić information content (AvgIpc) is 3.58. The van der Waals surface area contributed by atoms with Crippen LogP contribution in [0.15, 0.2) is 64.9 Å². The summed E-state index contributed by atoms with van der Waals surface area (Å²) in [5.74, 6) is 0.0848. The van der Waals surface area contributed by atoms with Crippen molar-refractivity contribution in [3.05, 3.63) is 66.2 Å². The molecule has 0 aliphatic carbocycles. The first kappa shape index (κ1) is 20.8. The van der Waals surface area contributed by atoms with Crippen LogP contribution < -0.4 is 0 Å². The molecule has 0 bridgehead atoms. The molecule has 0 unspecified atom stereocenters. The highest BCUT2D eigenvalue weighted by Crippen LogP contribution is 2.37. The van der Waals surface area contributed by atoms with Gasteiger partial charge in [0.15, 0.2) is 0 Å². The first-order chi connectivity index (χ1) is 16.1. The van der Waals surface area contributed by atoms with Gasteiger partial charge in [-0.1, -0.05) is 23.9 Å². The second-order valence-electron chi connectivity index (χ2n) is 7.88. The van der Waals surface area contributed by atoms with Crippen LogP contribution in [0.25, 0.3) is 16.6 Å². The summed E-state index contributed by atoms with van der Waals surface area (Å²) >= 11 is 1.44. The van der Waals surface area contributed by atoms with Gasteiger partial charge in [-0.05, 0) is 24.6 Å². The van der Waals surface area contributed by atoms with Gasteiger partial charge in [0.2, 0.25) is 5.91 Å². The number of aromatic nitrogens is 4. The van der Waals surface area contributed by atoms with Crippen molar-refractivity contribution in [2.75, 3.05) is 13.1 Å². The predicted molar refractivity (Wildman–Crippen MR) is 122 cm³/mol. The van der Waals surface area contributed by atoms with Crippen LogP contribution in [-0.2, 0) is 4.79 Å². The summed E-state index contributed by atoms with van der Waals surface area (Å²) in [4.78, 5) is 15.2. The number of benzene rings is 1. The Morgan fingerprint density at radius 3 is 2.64 bits per heavy atom. The molecule has 5 rings (SSSR count). The number of carbonyl (C=O) groups excluding carboxylic acids is 1. The minimum absolute atomic E-state index is 0.0848. The van der Waals surface area contributed by atoms with Gasteiger partial charge in [-0.3, -0.25) is 9.48 Å². The molecule has 0 radical (unpaired) electrons. The topological polar surface area (TPSA) is 103 Å². The predicted octanol–water partition coefficient (Wildman–Crippen LogP) is 3.89. The number of hydrogen-bond acceptors (Lipinski definition) is 6. The monoisotopic (exact) mass is 453 g/mol. The average molecular weight is 454 g/mol. The van der Waals surface area contributed by atoms with E-state index in [1.54, 1.807) is 23.7 Å². The van der Waals surface area contributed by atoms with E-state index in [1.165, 1.54) is 11.8 Å². The largest absolute Gasteiger partial charge is 0.341 e. The zero-order valence-corrected chi connectivity index (χ0v) is 18.7. The Kier molecular flexibility index (Phi) is 5.33. The maximum Gasteiger partial charge on any atom is 0.219 e. The van der Waals surface area contributed by atoms with Crippen LogP contribution in [0.5, 0.6) is 0 Å². The van der Waals surface area contributed by atoms with E-state index in [0.717, 1.165) is 33.9 Å². The van der Waals surface area contributed by atoms with Crippen LogP contribution in [0.1, 0.15) is 30.5 Å². The normalized spacial score (nSPS) is 15.5. The quantitative estimate of drug-likeness (QED) is 0.464. The van der Waals surface area contributed by atoms with E-state index in [4.69, 9.17) is 0 Å². The molecule has 0 saturated carbocycles. The first-order valence-corrected chi connectivity index (χ1v) is 11.3. The molecule has 0 spiro atoms. The lowest BCUT2D eigenvalue weighted by Gasteiger charge is -2.14. The lowest BCUT2D eigenvalue weighted by molar-refractivity contribution is -0.127. The minimum Gasteiger partial charge on any atom is -0.341 e. The molecule has 162 valence electrons. The van der Waals surface area contributed by atoms with Crippen molar-refractivity contribution in [3.8, 4) is 23.3 Å². The number of rotatable bonds is 4. The van der Waals surface area contributed by atoms with Crippen molar-refractivity contribution in [1.29, 1.82) is 10.5 Å². The standard InChI is InChI=1S/C24H19N7OS/c1-16(32)29-7-6-21(15-29)30-14-20(12-27-30)18-8-23(24-19(10-26)11-28-31(24)13-18)33-22-5-3-2-4-17(22)9-25/h2-5,8,11-14,21H,6-7,15H2,1H3/t21-/m0/s1. The number of pyridine rings is 1. The molecule has 0 N–H and O–H groups in total. The van der Waals surface area contributed by atoms with E-state index in [2.05, 4.69) is 22.3 Å². The van der Waals surface area contributed by atoms with Crippen LogP contribution in [0.2, 0.25) is 0 Å². The Balaban J connectivity index is 1.54. The van der Waals surface area contributed by atoms with Gasteiger partial charge in [0.05, 0.1) is 35.1 Å². The molecule has 4 heterocycles. The Hall–Kier alpha value is -4.08. The summed E-state index contributed by atoms with van der Waals surface area (Å²) in [6.07, 6.45) is 8.11. The SMILES string of the molecule is CC(=O)N1CC[C@H](n2cc(-c3cc(Sc4ccccc4C#N)c4c(C#N)cnn4c3)cn2)C1. The maximum absolute atomic E-state index is 11.7. The molecular weight excluding hydrogens is 434 g/mol. The third kappa shape index (κ3) is 3.84. The van der Waals surface area contributed by atoms with Gasteiger partial charge >= 0.3 is 0 Å². The maximum atomic E-state index is 11.7. The number of likely N-dealkylation sites (tertiary alicyclic amines) is 1. The van der Waals surface area contributed by atoms with E-state index in [-0.39, 0.29) is 11.9 Å². The summed E-state index contributed by atoms with van der Waals surface area (Å²) in [6, 6.07) is 14.0. The zero-order valence-electron chi connectivity index (χ0n) is 17.8. The third-order valence-corrected chi connectivity index (χ3v) is 6.95. The highest BCUT2D eigenvalue weighted by atomic mass is 32.2. The van der Waals surface area contributed by atoms with Crippen molar-refractivity contribution >= 4 is 23.2 Å². The number of fused-ring (bicyclic) bond motifs is 1. The zero-order chi connectivity index (χ0) is 22.9. The second-order valence-corrected chi connectivity index (χ2v) is 8.97. The summed E-state index contributed by atoms with van der Waals surface area (Å²) < 4.78 is 3.62. The van der Waals surface area contributed by atoms with Gasteiger partial charge in [0, 0.05) is 53.3 Å². The van der Waals surface area contributed by atoms with Gasteiger partial charge in [-0.25, -0.2) is 4.52 Å². The number of nitriles is 2. The molecule has 8 nitrogen and oxygen atoms in total. The lowest BCUT2D eigenvalue weighted by atomic mass is 10.1. The van der Waals surface area contributed by atoms with Crippen molar-refractivity contribution in [2.24, 2.45) is 0 Å². The van der Waals surface area contributed by atoms with E-state index in [0.29, 0.717) is 23.2 Å². The molecule has 4 aromatic rings. The molecule has 33 heavy (non-hydrogen) atoms. The van der Waals surface area contributed by atoms with Gasteiger partial charge in [-0.15, -0.1) is 0 Å². The third-order valence-electron chi connectivity index (χ3n) is 5.84. The van der Waals surface area contributed by atoms with Crippen LogP contribution in [-0.4, -0.2) is 43.3 Å². The molecule has 9 heteroatoms. The van der Waals surface area contributed by atoms with Gasteiger partial charge < -0.3 is 4.90 Å². The van der Waals surface area contributed by atoms with E-state index < -0.39 is 0 Å². The Morgan fingerprint density at radius 1 is 1.06 bits per heavy atom. The van der Waals surface area contributed by atoms with Crippen LogP contribution in [0.4, 0.5) is 0 Å². The van der Waals surface area contributed by atoms with E-state index >= 15 is 0 Å². The Bertz CT molecular complexity index is 1460. The fraction of sp³-hybridized carbons (Fsp3) is 0.208. The van der Waals surface area contributed by atoms with Crippen molar-refractivity contribution in [1.82, 2.24) is 24.3 Å². The van der Waals surface area contributed by atoms with Crippen molar-refractivity contribution in [3.63, 3.8) is 0 Å². The molecule has 1 atom stereocenters. The molecule has 1 saturated heterocycles. The lowest BCUT2D eigenvalue weighted by Crippen LogP contribution is -2.26. The number of nitrogens with zero attached hydrogens (tertiary/aromatic N) is 7. The molecule has 1 aliphatic heterocycles. The molecular formula is C24H19N7OS. The number of amides is 1. The highest BCUT2D eigenvalue weighted by molar-refractivity contribution is 7.99. The molecule has 3 aromatic heterocycles. The van der Waals surface area contributed by atoms with E-state index in [1.807, 2.05) is 52.4 Å². The smallest absolute Gasteiger partial charge is 0.219 e. The van der Waals surface area contributed by atoms with Gasteiger partial charge in [0.25, 0.3) is 0 Å². The fourth-order valence-corrected chi connectivity index (χ4v) is 5.19. The highest BCUT2D eigenvalue weighted by Gasteiger charge is 2.26. The van der Waals surface area contributed by atoms with Crippen LogP contribution in [0, 0.1) is 22.7 Å². The van der Waals surface area contributed by atoms with Gasteiger partial charge in [-0.2, -0.15) is 20.7 Å². The summed E-state index contributed by atoms with van der Waals surface area (Å²) in [5.41, 5.74) is 3.58.